The van der Waals surface area contributed by atoms with Crippen LogP contribution in [0.4, 0.5) is 0 Å². The van der Waals surface area contributed by atoms with Crippen LogP contribution in [-0.2, 0) is 11.3 Å². The third-order valence-electron chi connectivity index (χ3n) is 5.01. The summed E-state index contributed by atoms with van der Waals surface area (Å²) in [6.07, 6.45) is 0. The molecular formula is C21H31N5OS. The Bertz CT molecular complexity index is 785. The lowest BCUT2D eigenvalue weighted by atomic mass is 10.0. The summed E-state index contributed by atoms with van der Waals surface area (Å²) in [5, 5.41) is 6.79. The van der Waals surface area contributed by atoms with Crippen LogP contribution in [0.2, 0.25) is 0 Å². The van der Waals surface area contributed by atoms with Crippen LogP contribution in [0.5, 0.6) is 0 Å². The van der Waals surface area contributed by atoms with E-state index in [2.05, 4.69) is 68.7 Å². The molecule has 0 spiro atoms. The fraction of sp³-hybridized carbons (Fsp3) is 0.524. The maximum Gasteiger partial charge on any atom is 0.193 e. The highest BCUT2D eigenvalue weighted by molar-refractivity contribution is 7.09. The van der Waals surface area contributed by atoms with Crippen LogP contribution in [0.25, 0.3) is 0 Å². The molecule has 0 saturated carbocycles. The topological polar surface area (TPSA) is 53.0 Å². The molecule has 0 bridgehead atoms. The quantitative estimate of drug-likeness (QED) is 0.596. The van der Waals surface area contributed by atoms with Crippen molar-refractivity contribution >= 4 is 17.3 Å². The first kappa shape index (κ1) is 20.8. The zero-order valence-electron chi connectivity index (χ0n) is 17.3. The monoisotopic (exact) mass is 401 g/mol. The number of morpholine rings is 1. The number of nitrogens with one attached hydrogen (secondary N) is 1. The number of aromatic nitrogens is 1. The van der Waals surface area contributed by atoms with Crippen LogP contribution in [0.1, 0.15) is 27.9 Å². The molecule has 2 aromatic rings. The third kappa shape index (κ3) is 5.53. The van der Waals surface area contributed by atoms with Crippen molar-refractivity contribution in [3.05, 3.63) is 51.5 Å². The van der Waals surface area contributed by atoms with Crippen molar-refractivity contribution in [3.8, 4) is 0 Å². The van der Waals surface area contributed by atoms with Gasteiger partial charge in [0.25, 0.3) is 0 Å². The van der Waals surface area contributed by atoms with E-state index in [9.17, 15) is 0 Å². The number of rotatable bonds is 6. The van der Waals surface area contributed by atoms with Gasteiger partial charge in [0.1, 0.15) is 0 Å². The molecule has 0 aliphatic carbocycles. The molecule has 0 radical (unpaired) electrons. The minimum absolute atomic E-state index is 0.287. The van der Waals surface area contributed by atoms with Crippen molar-refractivity contribution in [1.29, 1.82) is 0 Å². The Balaban J connectivity index is 1.68. The van der Waals surface area contributed by atoms with Gasteiger partial charge in [0.05, 0.1) is 36.5 Å². The predicted octanol–water partition coefficient (Wildman–Crippen LogP) is 2.84. The minimum Gasteiger partial charge on any atom is -0.379 e. The number of ether oxygens (including phenoxy) is 1. The Labute approximate surface area is 172 Å². The van der Waals surface area contributed by atoms with E-state index in [1.165, 1.54) is 11.1 Å². The van der Waals surface area contributed by atoms with E-state index in [1.54, 1.807) is 11.3 Å². The van der Waals surface area contributed by atoms with Gasteiger partial charge in [-0.1, -0.05) is 29.8 Å². The lowest BCUT2D eigenvalue weighted by Gasteiger charge is -2.35. The lowest BCUT2D eigenvalue weighted by Crippen LogP contribution is -2.46. The number of hydrogen-bond donors (Lipinski definition) is 1. The van der Waals surface area contributed by atoms with Crippen LogP contribution in [-0.4, -0.2) is 67.7 Å². The molecule has 1 N–H and O–H groups in total. The van der Waals surface area contributed by atoms with Gasteiger partial charge in [-0.3, -0.25) is 9.89 Å². The highest BCUT2D eigenvalue weighted by atomic mass is 32.1. The van der Waals surface area contributed by atoms with Crippen molar-refractivity contribution in [3.63, 3.8) is 0 Å². The van der Waals surface area contributed by atoms with Crippen molar-refractivity contribution in [2.75, 3.05) is 46.9 Å². The summed E-state index contributed by atoms with van der Waals surface area (Å²) in [5.74, 6) is 0.886. The standard InChI is InChI=1S/C21H31N5OS/c1-16-6-5-7-18(12-16)20(26-8-10-27-11-9-26)13-23-21(22-3)25(4)14-19-15-28-17(2)24-19/h5-7,12,15,20H,8-11,13-14H2,1-4H3,(H,22,23). The normalized spacial score (nSPS) is 16.8. The Morgan fingerprint density at radius 3 is 2.79 bits per heavy atom. The van der Waals surface area contributed by atoms with Gasteiger partial charge in [-0.2, -0.15) is 0 Å². The zero-order valence-corrected chi connectivity index (χ0v) is 18.1. The summed E-state index contributed by atoms with van der Waals surface area (Å²) in [6, 6.07) is 9.08. The number of aliphatic imine (C=N–C) groups is 1. The maximum atomic E-state index is 5.56. The van der Waals surface area contributed by atoms with E-state index in [-0.39, 0.29) is 6.04 Å². The van der Waals surface area contributed by atoms with E-state index >= 15 is 0 Å². The predicted molar refractivity (Wildman–Crippen MR) is 116 cm³/mol. The van der Waals surface area contributed by atoms with Crippen molar-refractivity contribution in [1.82, 2.24) is 20.1 Å². The Kier molecular flexibility index (Phi) is 7.42. The largest absolute Gasteiger partial charge is 0.379 e. The molecule has 152 valence electrons. The number of thiazole rings is 1. The summed E-state index contributed by atoms with van der Waals surface area (Å²) in [6.45, 7) is 9.22. The highest BCUT2D eigenvalue weighted by Gasteiger charge is 2.23. The molecule has 1 fully saturated rings. The number of benzene rings is 1. The lowest BCUT2D eigenvalue weighted by molar-refractivity contribution is 0.0169. The number of aryl methyl sites for hydroxylation is 2. The van der Waals surface area contributed by atoms with Gasteiger partial charge in [-0.15, -0.1) is 11.3 Å². The van der Waals surface area contributed by atoms with Gasteiger partial charge in [0, 0.05) is 39.1 Å². The van der Waals surface area contributed by atoms with Gasteiger partial charge in [-0.25, -0.2) is 4.98 Å². The molecule has 1 aliphatic heterocycles. The van der Waals surface area contributed by atoms with Gasteiger partial charge in [0.2, 0.25) is 0 Å². The average Bonchev–Trinajstić information content (AvgIpc) is 3.10. The van der Waals surface area contributed by atoms with Gasteiger partial charge in [-0.05, 0) is 19.4 Å². The molecule has 28 heavy (non-hydrogen) atoms. The zero-order chi connectivity index (χ0) is 19.9. The Hall–Kier alpha value is -1.96. The Morgan fingerprint density at radius 1 is 1.36 bits per heavy atom. The van der Waals surface area contributed by atoms with Crippen LogP contribution in [0.15, 0.2) is 34.6 Å². The molecule has 1 aromatic heterocycles. The van der Waals surface area contributed by atoms with E-state index in [0.717, 1.165) is 56.1 Å². The molecule has 3 rings (SSSR count). The second kappa shape index (κ2) is 10.0. The molecule has 1 atom stereocenters. The van der Waals surface area contributed by atoms with E-state index in [1.807, 2.05) is 14.0 Å². The summed E-state index contributed by atoms with van der Waals surface area (Å²) in [4.78, 5) is 13.7. The average molecular weight is 402 g/mol. The molecule has 0 amide bonds. The SMILES string of the molecule is CN=C(NCC(c1cccc(C)c1)N1CCOCC1)N(C)Cc1csc(C)n1. The molecule has 1 unspecified atom stereocenters. The fourth-order valence-corrected chi connectivity index (χ4v) is 4.20. The number of guanidine groups is 1. The van der Waals surface area contributed by atoms with E-state index in [0.29, 0.717) is 0 Å². The smallest absolute Gasteiger partial charge is 0.193 e. The molecule has 1 aromatic carbocycles. The summed E-state index contributed by atoms with van der Waals surface area (Å²) in [7, 11) is 3.89. The molecule has 1 aliphatic rings. The van der Waals surface area contributed by atoms with Gasteiger partial charge >= 0.3 is 0 Å². The first-order chi connectivity index (χ1) is 13.6. The number of nitrogens with zero attached hydrogens (tertiary/aromatic N) is 4. The molecule has 7 heteroatoms. The van der Waals surface area contributed by atoms with Crippen molar-refractivity contribution in [2.24, 2.45) is 4.99 Å². The van der Waals surface area contributed by atoms with Crippen molar-refractivity contribution in [2.45, 2.75) is 26.4 Å². The molecule has 2 heterocycles. The summed E-state index contributed by atoms with van der Waals surface area (Å²) >= 11 is 1.68. The summed E-state index contributed by atoms with van der Waals surface area (Å²) in [5.41, 5.74) is 3.70. The van der Waals surface area contributed by atoms with E-state index < -0.39 is 0 Å². The van der Waals surface area contributed by atoms with Crippen LogP contribution >= 0.6 is 11.3 Å². The van der Waals surface area contributed by atoms with E-state index in [4.69, 9.17) is 4.74 Å². The van der Waals surface area contributed by atoms with Gasteiger partial charge < -0.3 is 15.0 Å². The van der Waals surface area contributed by atoms with Gasteiger partial charge in [0.15, 0.2) is 5.96 Å². The first-order valence-electron chi connectivity index (χ1n) is 9.78. The highest BCUT2D eigenvalue weighted by Crippen LogP contribution is 2.22. The fourth-order valence-electron chi connectivity index (χ4n) is 3.60. The summed E-state index contributed by atoms with van der Waals surface area (Å²) < 4.78 is 5.56. The molecule has 1 saturated heterocycles. The van der Waals surface area contributed by atoms with Crippen LogP contribution in [0.3, 0.4) is 0 Å². The first-order valence-corrected chi connectivity index (χ1v) is 10.7. The van der Waals surface area contributed by atoms with Crippen LogP contribution < -0.4 is 5.32 Å². The molecular weight excluding hydrogens is 370 g/mol. The third-order valence-corrected chi connectivity index (χ3v) is 5.83. The maximum absolute atomic E-state index is 5.56. The Morgan fingerprint density at radius 2 is 2.14 bits per heavy atom. The van der Waals surface area contributed by atoms with Crippen LogP contribution in [0, 0.1) is 13.8 Å². The minimum atomic E-state index is 0.287. The van der Waals surface area contributed by atoms with Crippen molar-refractivity contribution < 1.29 is 4.74 Å². The second-order valence-corrected chi connectivity index (χ2v) is 8.28. The molecule has 6 nitrogen and oxygen atoms in total. The number of hydrogen-bond acceptors (Lipinski definition) is 5. The second-order valence-electron chi connectivity index (χ2n) is 7.22.